The van der Waals surface area contributed by atoms with Gasteiger partial charge in [-0.15, -0.1) is 0 Å². The Morgan fingerprint density at radius 1 is 1.39 bits per heavy atom. The van der Waals surface area contributed by atoms with Gasteiger partial charge in [0.2, 0.25) is 0 Å². The Balaban J connectivity index is 2.87. The number of aryl methyl sites for hydroxylation is 1. The molecule has 1 aromatic rings. The number of hydrogen-bond acceptors (Lipinski definition) is 3. The van der Waals surface area contributed by atoms with Gasteiger partial charge in [0, 0.05) is 12.1 Å². The highest BCUT2D eigenvalue weighted by Gasteiger charge is 2.19. The first-order valence-electron chi connectivity index (χ1n) is 5.46. The molecule has 0 atom stereocenters. The van der Waals surface area contributed by atoms with E-state index in [1.54, 1.807) is 33.8 Å². The van der Waals surface area contributed by atoms with Gasteiger partial charge in [-0.05, 0) is 33.3 Å². The molecule has 0 aliphatic heterocycles. The molecule has 98 valence electrons. The number of hydrogen-bond donors (Lipinski definition) is 2. The highest BCUT2D eigenvalue weighted by atomic mass is 16.6. The predicted octanol–water partition coefficient (Wildman–Crippen LogP) is 3.14. The molecule has 1 rings (SSSR count). The molecule has 0 aromatic heterocycles. The average molecular weight is 253 g/mol. The minimum Gasteiger partial charge on any atom is -0.444 e. The molecule has 0 heterocycles. The van der Waals surface area contributed by atoms with Crippen LogP contribution in [0.2, 0.25) is 0 Å². The highest BCUT2D eigenvalue weighted by Crippen LogP contribution is 2.22. The number of carbonyl (C=O) groups excluding carboxylic acids is 1. The molecule has 0 saturated carbocycles. The second kappa shape index (κ2) is 5.03. The van der Waals surface area contributed by atoms with Gasteiger partial charge in [0.25, 0.3) is 4.92 Å². The second-order valence-electron chi connectivity index (χ2n) is 4.90. The summed E-state index contributed by atoms with van der Waals surface area (Å²) in [5.41, 5.74) is 0.603. The Morgan fingerprint density at radius 2 is 2.00 bits per heavy atom. The number of anilines is 1. The summed E-state index contributed by atoms with van der Waals surface area (Å²) in [5, 5.41) is 11.3. The normalized spacial score (nSPS) is 10.9. The minimum absolute atomic E-state index is 0.0339. The number of ether oxygens (including phenoxy) is 1. The van der Waals surface area contributed by atoms with Crippen LogP contribution in [0.15, 0.2) is 18.2 Å². The number of rotatable bonds is 2. The Labute approximate surface area is 105 Å². The largest absolute Gasteiger partial charge is 0.444 e. The molecule has 2 N–H and O–H groups in total. The summed E-state index contributed by atoms with van der Waals surface area (Å²) in [6.07, 6.45) is -0.613. The molecule has 0 radical (unpaired) electrons. The third-order valence-corrected chi connectivity index (χ3v) is 2.08. The summed E-state index contributed by atoms with van der Waals surface area (Å²) in [5.74, 6) is 0. The molecule has 1 amide bonds. The average Bonchev–Trinajstić information content (AvgIpc) is 2.18. The molecular formula is C12H17N2O4+. The van der Waals surface area contributed by atoms with Crippen LogP contribution in [0.1, 0.15) is 26.3 Å². The van der Waals surface area contributed by atoms with Crippen molar-refractivity contribution in [3.63, 3.8) is 0 Å². The van der Waals surface area contributed by atoms with Crippen LogP contribution in [-0.2, 0) is 4.74 Å². The van der Waals surface area contributed by atoms with Crippen LogP contribution >= 0.6 is 0 Å². The third-order valence-electron chi connectivity index (χ3n) is 2.08. The standard InChI is InChI=1S/C12H16N2O4/c1-8-5-6-9(14(16)17)7-10(8)13-11(15)18-12(2,3)4/h5-7H,1-4H3,(H-,13,15,16,17)/p+1. The van der Waals surface area contributed by atoms with Crippen LogP contribution in [0.25, 0.3) is 0 Å². The van der Waals surface area contributed by atoms with Crippen molar-refractivity contribution in [2.75, 3.05) is 5.32 Å². The molecule has 6 nitrogen and oxygen atoms in total. The summed E-state index contributed by atoms with van der Waals surface area (Å²) in [6, 6.07) is 4.43. The summed E-state index contributed by atoms with van der Waals surface area (Å²) in [6.45, 7) is 7.03. The molecule has 0 spiro atoms. The van der Waals surface area contributed by atoms with Crippen LogP contribution in [0.4, 0.5) is 16.2 Å². The first kappa shape index (κ1) is 14.0. The van der Waals surface area contributed by atoms with Gasteiger partial charge < -0.3 is 4.74 Å². The van der Waals surface area contributed by atoms with Crippen LogP contribution in [0.5, 0.6) is 0 Å². The second-order valence-corrected chi connectivity index (χ2v) is 4.90. The Kier molecular flexibility index (Phi) is 3.90. The van der Waals surface area contributed by atoms with Gasteiger partial charge in [-0.3, -0.25) is 5.32 Å². The Morgan fingerprint density at radius 3 is 2.50 bits per heavy atom. The van der Waals surface area contributed by atoms with Gasteiger partial charge in [-0.1, -0.05) is 6.07 Å². The van der Waals surface area contributed by atoms with E-state index in [1.807, 2.05) is 0 Å². The molecule has 18 heavy (non-hydrogen) atoms. The fourth-order valence-corrected chi connectivity index (χ4v) is 1.28. The molecule has 0 saturated heterocycles. The molecule has 0 aliphatic carbocycles. The number of carbonyl (C=O) groups is 1. The van der Waals surface area contributed by atoms with Gasteiger partial charge in [-0.25, -0.2) is 10.0 Å². The van der Waals surface area contributed by atoms with Gasteiger partial charge >= 0.3 is 11.8 Å². The van der Waals surface area contributed by atoms with E-state index in [0.29, 0.717) is 5.69 Å². The fourth-order valence-electron chi connectivity index (χ4n) is 1.28. The molecule has 6 heteroatoms. The third kappa shape index (κ3) is 4.04. The van der Waals surface area contributed by atoms with Crippen molar-refractivity contribution in [3.8, 4) is 0 Å². The van der Waals surface area contributed by atoms with Crippen molar-refractivity contribution in [3.05, 3.63) is 28.7 Å². The summed E-state index contributed by atoms with van der Waals surface area (Å²) in [4.78, 5) is 22.1. The molecular weight excluding hydrogens is 236 g/mol. The van der Waals surface area contributed by atoms with E-state index in [-0.39, 0.29) is 10.6 Å². The topological polar surface area (TPSA) is 78.6 Å². The molecule has 1 aromatic carbocycles. The van der Waals surface area contributed by atoms with E-state index >= 15 is 0 Å². The van der Waals surface area contributed by atoms with Crippen LogP contribution in [0.3, 0.4) is 0 Å². The summed E-state index contributed by atoms with van der Waals surface area (Å²) in [7, 11) is 0. The van der Waals surface area contributed by atoms with E-state index in [1.165, 1.54) is 12.1 Å². The van der Waals surface area contributed by atoms with Crippen molar-refractivity contribution >= 4 is 17.5 Å². The zero-order chi connectivity index (χ0) is 13.9. The lowest BCUT2D eigenvalue weighted by atomic mass is 10.2. The lowest BCUT2D eigenvalue weighted by Crippen LogP contribution is -2.27. The summed E-state index contributed by atoms with van der Waals surface area (Å²) < 4.78 is 5.09. The van der Waals surface area contributed by atoms with Crippen molar-refractivity contribution in [1.82, 2.24) is 0 Å². The maximum absolute atomic E-state index is 11.6. The van der Waals surface area contributed by atoms with Gasteiger partial charge in [0.1, 0.15) is 5.60 Å². The Bertz CT molecular complexity index is 477. The molecule has 0 unspecified atom stereocenters. The van der Waals surface area contributed by atoms with E-state index in [9.17, 15) is 9.70 Å². The zero-order valence-corrected chi connectivity index (χ0v) is 10.9. The number of benzene rings is 1. The lowest BCUT2D eigenvalue weighted by Gasteiger charge is -2.20. The number of nitrogens with zero attached hydrogens (tertiary/aromatic N) is 1. The van der Waals surface area contributed by atoms with Gasteiger partial charge in [-0.2, -0.15) is 0 Å². The molecule has 0 fully saturated rings. The first-order valence-corrected chi connectivity index (χ1v) is 5.46. The molecule has 0 aliphatic rings. The Hall–Kier alpha value is -2.11. The zero-order valence-electron chi connectivity index (χ0n) is 10.9. The highest BCUT2D eigenvalue weighted by molar-refractivity contribution is 5.86. The van der Waals surface area contributed by atoms with Crippen molar-refractivity contribution < 1.29 is 19.7 Å². The number of amides is 1. The van der Waals surface area contributed by atoms with Crippen LogP contribution in [-0.4, -0.2) is 21.8 Å². The van der Waals surface area contributed by atoms with Crippen molar-refractivity contribution in [2.24, 2.45) is 0 Å². The summed E-state index contributed by atoms with van der Waals surface area (Å²) >= 11 is 0. The maximum Gasteiger partial charge on any atom is 0.412 e. The van der Waals surface area contributed by atoms with Crippen LogP contribution in [0, 0.1) is 11.8 Å². The monoisotopic (exact) mass is 253 g/mol. The van der Waals surface area contributed by atoms with Crippen molar-refractivity contribution in [1.29, 1.82) is 0 Å². The maximum atomic E-state index is 11.6. The van der Waals surface area contributed by atoms with Crippen molar-refractivity contribution in [2.45, 2.75) is 33.3 Å². The quantitative estimate of drug-likeness (QED) is 0.793. The molecule has 0 bridgehead atoms. The first-order chi connectivity index (χ1) is 8.19. The lowest BCUT2D eigenvalue weighted by molar-refractivity contribution is -0.729. The van der Waals surface area contributed by atoms with E-state index in [2.05, 4.69) is 5.32 Å². The number of nitrogens with one attached hydrogen (secondary N) is 1. The fraction of sp³-hybridized carbons (Fsp3) is 0.417. The van der Waals surface area contributed by atoms with Gasteiger partial charge in [0.15, 0.2) is 0 Å². The SMILES string of the molecule is Cc1ccc([N+](=O)O)cc1NC(=O)OC(C)(C)C. The smallest absolute Gasteiger partial charge is 0.412 e. The minimum atomic E-state index is -0.613. The van der Waals surface area contributed by atoms with E-state index in [0.717, 1.165) is 5.56 Å². The van der Waals surface area contributed by atoms with Crippen LogP contribution < -0.4 is 5.32 Å². The predicted molar refractivity (Wildman–Crippen MR) is 66.1 cm³/mol. The van der Waals surface area contributed by atoms with Gasteiger partial charge in [0.05, 0.1) is 10.6 Å². The van der Waals surface area contributed by atoms with E-state index in [4.69, 9.17) is 9.94 Å². The van der Waals surface area contributed by atoms with E-state index < -0.39 is 11.7 Å².